The summed E-state index contributed by atoms with van der Waals surface area (Å²) in [4.78, 5) is 24.5. The molecular weight excluding hydrogens is 290 g/mol. The molecule has 1 unspecified atom stereocenters. The van der Waals surface area contributed by atoms with E-state index < -0.39 is 12.0 Å². The van der Waals surface area contributed by atoms with E-state index in [-0.39, 0.29) is 12.5 Å². The predicted molar refractivity (Wildman–Crippen MR) is 89.0 cm³/mol. The van der Waals surface area contributed by atoms with Gasteiger partial charge in [-0.2, -0.15) is 0 Å². The maximum absolute atomic E-state index is 12.3. The van der Waals surface area contributed by atoms with Gasteiger partial charge in [-0.25, -0.2) is 4.79 Å². The highest BCUT2D eigenvalue weighted by molar-refractivity contribution is 5.96. The van der Waals surface area contributed by atoms with Crippen LogP contribution < -0.4 is 5.32 Å². The maximum Gasteiger partial charge on any atom is 0.329 e. The van der Waals surface area contributed by atoms with Crippen LogP contribution in [0.4, 0.5) is 0 Å². The van der Waals surface area contributed by atoms with Crippen LogP contribution in [0.2, 0.25) is 0 Å². The molecule has 0 spiro atoms. The van der Waals surface area contributed by atoms with Crippen LogP contribution in [0, 0.1) is 0 Å². The van der Waals surface area contributed by atoms with Gasteiger partial charge in [0.25, 0.3) is 5.91 Å². The summed E-state index contributed by atoms with van der Waals surface area (Å²) in [6.45, 7) is 3.64. The van der Waals surface area contributed by atoms with Crippen molar-refractivity contribution in [1.82, 2.24) is 5.32 Å². The molecule has 0 saturated heterocycles. The monoisotopic (exact) mass is 309 g/mol. The molecule has 23 heavy (non-hydrogen) atoms. The summed E-state index contributed by atoms with van der Waals surface area (Å²) in [6, 6.07) is 17.5. The van der Waals surface area contributed by atoms with Crippen LogP contribution in [-0.4, -0.2) is 24.5 Å². The average molecular weight is 309 g/mol. The summed E-state index contributed by atoms with van der Waals surface area (Å²) in [5.74, 6) is -0.778. The van der Waals surface area contributed by atoms with Crippen LogP contribution in [0.15, 0.2) is 73.3 Å². The number of esters is 1. The van der Waals surface area contributed by atoms with E-state index in [0.29, 0.717) is 12.0 Å². The average Bonchev–Trinajstić information content (AvgIpc) is 2.60. The quantitative estimate of drug-likeness (QED) is 0.632. The van der Waals surface area contributed by atoms with Gasteiger partial charge in [-0.15, -0.1) is 0 Å². The minimum atomic E-state index is -0.745. The van der Waals surface area contributed by atoms with Gasteiger partial charge in [-0.3, -0.25) is 4.79 Å². The van der Waals surface area contributed by atoms with E-state index in [9.17, 15) is 9.59 Å². The summed E-state index contributed by atoms with van der Waals surface area (Å²) in [6.07, 6.45) is 1.87. The molecule has 4 nitrogen and oxygen atoms in total. The van der Waals surface area contributed by atoms with Crippen molar-refractivity contribution in [3.63, 3.8) is 0 Å². The fourth-order valence-electron chi connectivity index (χ4n) is 2.12. The fourth-order valence-corrected chi connectivity index (χ4v) is 2.12. The number of rotatable bonds is 7. The van der Waals surface area contributed by atoms with Crippen molar-refractivity contribution in [2.45, 2.75) is 12.5 Å². The summed E-state index contributed by atoms with van der Waals surface area (Å²) < 4.78 is 5.09. The zero-order valence-electron chi connectivity index (χ0n) is 12.8. The second-order valence-electron chi connectivity index (χ2n) is 5.00. The number of nitrogens with one attached hydrogen (secondary N) is 1. The third-order valence-electron chi connectivity index (χ3n) is 3.25. The lowest BCUT2D eigenvalue weighted by atomic mass is 10.1. The Bertz CT molecular complexity index is 653. The molecular formula is C19H19NO3. The van der Waals surface area contributed by atoms with Crippen LogP contribution in [0.25, 0.3) is 0 Å². The van der Waals surface area contributed by atoms with Gasteiger partial charge in [0.1, 0.15) is 12.6 Å². The first-order valence-electron chi connectivity index (χ1n) is 7.38. The zero-order chi connectivity index (χ0) is 16.5. The number of carbonyl (C=O) groups is 2. The highest BCUT2D eigenvalue weighted by Gasteiger charge is 2.23. The third kappa shape index (κ3) is 5.11. The highest BCUT2D eigenvalue weighted by Crippen LogP contribution is 2.07. The van der Waals surface area contributed by atoms with E-state index in [0.717, 1.165) is 5.56 Å². The Morgan fingerprint density at radius 2 is 1.65 bits per heavy atom. The van der Waals surface area contributed by atoms with Gasteiger partial charge in [0.2, 0.25) is 0 Å². The number of ether oxygens (including phenoxy) is 1. The molecule has 4 heteroatoms. The van der Waals surface area contributed by atoms with Crippen molar-refractivity contribution < 1.29 is 14.3 Å². The molecule has 0 aliphatic carbocycles. The van der Waals surface area contributed by atoms with Crippen molar-refractivity contribution in [3.8, 4) is 0 Å². The highest BCUT2D eigenvalue weighted by atomic mass is 16.5. The van der Waals surface area contributed by atoms with E-state index in [1.165, 1.54) is 6.08 Å². The lowest BCUT2D eigenvalue weighted by Crippen LogP contribution is -2.43. The lowest BCUT2D eigenvalue weighted by molar-refractivity contribution is -0.144. The molecule has 2 aromatic carbocycles. The van der Waals surface area contributed by atoms with Gasteiger partial charge < -0.3 is 10.1 Å². The second-order valence-corrected chi connectivity index (χ2v) is 5.00. The Morgan fingerprint density at radius 3 is 2.26 bits per heavy atom. The molecule has 1 atom stereocenters. The first-order chi connectivity index (χ1) is 11.2. The molecule has 0 bridgehead atoms. The summed E-state index contributed by atoms with van der Waals surface area (Å²) >= 11 is 0. The largest absolute Gasteiger partial charge is 0.460 e. The van der Waals surface area contributed by atoms with Gasteiger partial charge in [-0.1, -0.05) is 61.2 Å². The van der Waals surface area contributed by atoms with E-state index in [4.69, 9.17) is 4.74 Å². The number of hydrogen-bond donors (Lipinski definition) is 1. The molecule has 1 N–H and O–H groups in total. The summed E-state index contributed by atoms with van der Waals surface area (Å²) in [5, 5.41) is 2.74. The smallest absolute Gasteiger partial charge is 0.329 e. The van der Waals surface area contributed by atoms with Crippen molar-refractivity contribution in [2.24, 2.45) is 0 Å². The van der Waals surface area contributed by atoms with Crippen molar-refractivity contribution in [1.29, 1.82) is 0 Å². The van der Waals surface area contributed by atoms with E-state index in [2.05, 4.69) is 11.9 Å². The molecule has 1 amide bonds. The predicted octanol–water partition coefficient (Wildman–Crippen LogP) is 2.76. The number of carbonyl (C=O) groups excluding carboxylic acids is 2. The minimum Gasteiger partial charge on any atom is -0.460 e. The van der Waals surface area contributed by atoms with Crippen LogP contribution in [-0.2, 0) is 16.0 Å². The lowest BCUT2D eigenvalue weighted by Gasteiger charge is -2.17. The third-order valence-corrected chi connectivity index (χ3v) is 3.25. The molecule has 0 radical (unpaired) electrons. The van der Waals surface area contributed by atoms with Crippen LogP contribution in [0.1, 0.15) is 15.9 Å². The Balaban J connectivity index is 2.11. The normalized spacial score (nSPS) is 11.3. The molecule has 0 aromatic heterocycles. The minimum absolute atomic E-state index is 0.116. The van der Waals surface area contributed by atoms with Gasteiger partial charge in [0, 0.05) is 12.0 Å². The van der Waals surface area contributed by atoms with Crippen LogP contribution in [0.5, 0.6) is 0 Å². The second kappa shape index (κ2) is 8.54. The van der Waals surface area contributed by atoms with E-state index in [1.807, 2.05) is 36.4 Å². The Labute approximate surface area is 135 Å². The standard InChI is InChI=1S/C19H19NO3/c1-2-13-23-19(22)17(14-15-9-5-3-6-10-15)20-18(21)16-11-7-4-8-12-16/h2-12,17H,1,13-14H2,(H,20,21). The van der Waals surface area contributed by atoms with E-state index in [1.54, 1.807) is 24.3 Å². The molecule has 0 aliphatic rings. The Hall–Kier alpha value is -2.88. The molecule has 0 heterocycles. The molecule has 118 valence electrons. The number of hydrogen-bond acceptors (Lipinski definition) is 3. The van der Waals surface area contributed by atoms with E-state index >= 15 is 0 Å². The molecule has 0 fully saturated rings. The first-order valence-corrected chi connectivity index (χ1v) is 7.38. The van der Waals surface area contributed by atoms with Gasteiger partial charge >= 0.3 is 5.97 Å². The summed E-state index contributed by atoms with van der Waals surface area (Å²) in [7, 11) is 0. The number of benzene rings is 2. The zero-order valence-corrected chi connectivity index (χ0v) is 12.8. The Kier molecular flexibility index (Phi) is 6.12. The van der Waals surface area contributed by atoms with Crippen LogP contribution in [0.3, 0.4) is 0 Å². The molecule has 2 rings (SSSR count). The van der Waals surface area contributed by atoms with Crippen molar-refractivity contribution in [2.75, 3.05) is 6.61 Å². The van der Waals surface area contributed by atoms with Gasteiger partial charge in [0.15, 0.2) is 0 Å². The summed E-state index contributed by atoms with van der Waals surface area (Å²) in [5.41, 5.74) is 1.45. The first kappa shape index (κ1) is 16.5. The number of amides is 1. The molecule has 0 saturated carbocycles. The van der Waals surface area contributed by atoms with Gasteiger partial charge in [-0.05, 0) is 17.7 Å². The molecule has 2 aromatic rings. The van der Waals surface area contributed by atoms with Crippen LogP contribution >= 0.6 is 0 Å². The Morgan fingerprint density at radius 1 is 1.04 bits per heavy atom. The van der Waals surface area contributed by atoms with Gasteiger partial charge in [0.05, 0.1) is 0 Å². The van der Waals surface area contributed by atoms with Crippen molar-refractivity contribution in [3.05, 3.63) is 84.4 Å². The SMILES string of the molecule is C=CCOC(=O)C(Cc1ccccc1)NC(=O)c1ccccc1. The molecule has 0 aliphatic heterocycles. The van der Waals surface area contributed by atoms with Crippen molar-refractivity contribution >= 4 is 11.9 Å². The topological polar surface area (TPSA) is 55.4 Å². The fraction of sp³-hybridized carbons (Fsp3) is 0.158. The maximum atomic E-state index is 12.3.